The minimum absolute atomic E-state index is 0.0559. The van der Waals surface area contributed by atoms with Crippen LogP contribution in [0.2, 0.25) is 0 Å². The second kappa shape index (κ2) is 3.24. The Morgan fingerprint density at radius 1 is 1.43 bits per heavy atom. The van der Waals surface area contributed by atoms with Crippen LogP contribution >= 0.6 is 11.8 Å². The molecule has 2 aliphatic heterocycles. The fourth-order valence-corrected chi connectivity index (χ4v) is 3.72. The summed E-state index contributed by atoms with van der Waals surface area (Å²) in [5, 5.41) is 3.46. The van der Waals surface area contributed by atoms with Crippen LogP contribution < -0.4 is 5.32 Å². The second-order valence-electron chi connectivity index (χ2n) is 3.95. The molecule has 0 bridgehead atoms. The summed E-state index contributed by atoms with van der Waals surface area (Å²) in [6, 6.07) is 5.83. The van der Waals surface area contributed by atoms with Gasteiger partial charge in [0.05, 0.1) is 0 Å². The first-order chi connectivity index (χ1) is 6.86. The van der Waals surface area contributed by atoms with Gasteiger partial charge in [-0.3, -0.25) is 0 Å². The number of thioether (sulfide) groups is 1. The molecule has 1 saturated heterocycles. The molecule has 2 heterocycles. The molecule has 14 heavy (non-hydrogen) atoms. The van der Waals surface area contributed by atoms with Gasteiger partial charge in [0.1, 0.15) is 5.82 Å². The number of benzene rings is 1. The first-order valence-electron chi connectivity index (χ1n) is 5.01. The van der Waals surface area contributed by atoms with Crippen molar-refractivity contribution in [1.82, 2.24) is 5.32 Å². The lowest BCUT2D eigenvalue weighted by Gasteiger charge is -2.27. The van der Waals surface area contributed by atoms with E-state index in [1.165, 1.54) is 12.0 Å². The number of hydrogen-bond acceptors (Lipinski definition) is 2. The van der Waals surface area contributed by atoms with E-state index in [0.717, 1.165) is 17.2 Å². The van der Waals surface area contributed by atoms with Crippen LogP contribution in [0.4, 0.5) is 4.39 Å². The zero-order chi connectivity index (χ0) is 9.54. The quantitative estimate of drug-likeness (QED) is 0.705. The van der Waals surface area contributed by atoms with Gasteiger partial charge in [-0.25, -0.2) is 4.39 Å². The number of hydrogen-bond donors (Lipinski definition) is 1. The molecule has 0 aliphatic carbocycles. The van der Waals surface area contributed by atoms with E-state index in [9.17, 15) is 4.39 Å². The van der Waals surface area contributed by atoms with E-state index in [4.69, 9.17) is 0 Å². The predicted molar refractivity (Wildman–Crippen MR) is 56.0 cm³/mol. The van der Waals surface area contributed by atoms with E-state index >= 15 is 0 Å². The third-order valence-corrected chi connectivity index (χ3v) is 4.44. The third-order valence-electron chi connectivity index (χ3n) is 3.13. The van der Waals surface area contributed by atoms with Crippen LogP contribution in [-0.4, -0.2) is 12.3 Å². The SMILES string of the molecule is Fc1cccc2c1SCC1CCNC21. The summed E-state index contributed by atoms with van der Waals surface area (Å²) in [6.45, 7) is 1.08. The highest BCUT2D eigenvalue weighted by Crippen LogP contribution is 2.44. The third kappa shape index (κ3) is 1.19. The van der Waals surface area contributed by atoms with E-state index in [1.54, 1.807) is 17.8 Å². The van der Waals surface area contributed by atoms with E-state index in [0.29, 0.717) is 12.0 Å². The van der Waals surface area contributed by atoms with Gasteiger partial charge >= 0.3 is 0 Å². The summed E-state index contributed by atoms with van der Waals surface area (Å²) < 4.78 is 13.5. The molecule has 0 amide bonds. The van der Waals surface area contributed by atoms with Crippen LogP contribution in [0.25, 0.3) is 0 Å². The van der Waals surface area contributed by atoms with Crippen LogP contribution in [0.3, 0.4) is 0 Å². The van der Waals surface area contributed by atoms with Crippen molar-refractivity contribution < 1.29 is 4.39 Å². The van der Waals surface area contributed by atoms with Crippen molar-refractivity contribution in [3.8, 4) is 0 Å². The molecule has 1 fully saturated rings. The highest BCUT2D eigenvalue weighted by atomic mass is 32.2. The van der Waals surface area contributed by atoms with Gasteiger partial charge in [0, 0.05) is 16.7 Å². The Labute approximate surface area is 87.1 Å². The average Bonchev–Trinajstić information content (AvgIpc) is 2.66. The number of halogens is 1. The molecule has 0 spiro atoms. The van der Waals surface area contributed by atoms with Gasteiger partial charge in [-0.15, -0.1) is 11.8 Å². The summed E-state index contributed by atoms with van der Waals surface area (Å²) in [5.74, 6) is 1.71. The lowest BCUT2D eigenvalue weighted by molar-refractivity contribution is 0.483. The molecule has 1 aromatic carbocycles. The van der Waals surface area contributed by atoms with Crippen LogP contribution in [0.15, 0.2) is 23.1 Å². The Kier molecular flexibility index (Phi) is 2.03. The van der Waals surface area contributed by atoms with Crippen LogP contribution in [0.5, 0.6) is 0 Å². The monoisotopic (exact) mass is 209 g/mol. The summed E-state index contributed by atoms with van der Waals surface area (Å²) in [7, 11) is 0. The van der Waals surface area contributed by atoms with Gasteiger partial charge in [-0.05, 0) is 30.5 Å². The van der Waals surface area contributed by atoms with E-state index < -0.39 is 0 Å². The van der Waals surface area contributed by atoms with E-state index in [-0.39, 0.29) is 5.82 Å². The molecule has 0 radical (unpaired) electrons. The van der Waals surface area contributed by atoms with Crippen molar-refractivity contribution in [3.05, 3.63) is 29.6 Å². The first-order valence-corrected chi connectivity index (χ1v) is 5.99. The molecule has 1 aromatic rings. The highest BCUT2D eigenvalue weighted by Gasteiger charge is 2.34. The van der Waals surface area contributed by atoms with Crippen molar-refractivity contribution in [2.45, 2.75) is 17.4 Å². The Balaban J connectivity index is 2.09. The molecule has 2 unspecified atom stereocenters. The topological polar surface area (TPSA) is 12.0 Å². The lowest BCUT2D eigenvalue weighted by Crippen LogP contribution is -2.23. The Bertz CT molecular complexity index is 366. The molecule has 2 aliphatic rings. The fourth-order valence-electron chi connectivity index (χ4n) is 2.41. The van der Waals surface area contributed by atoms with Crippen molar-refractivity contribution in [1.29, 1.82) is 0 Å². The molecule has 3 heteroatoms. The first kappa shape index (κ1) is 8.74. The van der Waals surface area contributed by atoms with E-state index in [1.807, 2.05) is 6.07 Å². The van der Waals surface area contributed by atoms with Gasteiger partial charge in [0.25, 0.3) is 0 Å². The molecule has 0 saturated carbocycles. The second-order valence-corrected chi connectivity index (χ2v) is 4.98. The Morgan fingerprint density at radius 3 is 3.29 bits per heavy atom. The molecular formula is C11H12FNS. The predicted octanol–water partition coefficient (Wildman–Crippen LogP) is 2.58. The summed E-state index contributed by atoms with van der Waals surface area (Å²) in [4.78, 5) is 0.864. The van der Waals surface area contributed by atoms with Crippen molar-refractivity contribution in [3.63, 3.8) is 0 Å². The van der Waals surface area contributed by atoms with Gasteiger partial charge in [-0.1, -0.05) is 12.1 Å². The molecule has 74 valence electrons. The molecular weight excluding hydrogens is 197 g/mol. The zero-order valence-electron chi connectivity index (χ0n) is 7.79. The van der Waals surface area contributed by atoms with Crippen molar-refractivity contribution in [2.24, 2.45) is 5.92 Å². The number of rotatable bonds is 0. The zero-order valence-corrected chi connectivity index (χ0v) is 8.61. The maximum atomic E-state index is 13.5. The molecule has 0 aromatic heterocycles. The minimum atomic E-state index is -0.0559. The number of fused-ring (bicyclic) bond motifs is 3. The summed E-state index contributed by atoms with van der Waals surface area (Å²) in [6.07, 6.45) is 1.23. The standard InChI is InChI=1S/C11H12FNS/c12-9-3-1-2-8-10-7(4-5-13-10)6-14-11(8)9/h1-3,7,10,13H,4-6H2. The lowest BCUT2D eigenvalue weighted by atomic mass is 9.95. The largest absolute Gasteiger partial charge is 0.310 e. The van der Waals surface area contributed by atoms with Gasteiger partial charge in [0.15, 0.2) is 0 Å². The van der Waals surface area contributed by atoms with E-state index in [2.05, 4.69) is 11.4 Å². The molecule has 1 nitrogen and oxygen atoms in total. The maximum absolute atomic E-state index is 13.5. The fraction of sp³-hybridized carbons (Fsp3) is 0.455. The Hall–Kier alpha value is -0.540. The summed E-state index contributed by atoms with van der Waals surface area (Å²) >= 11 is 1.68. The molecule has 2 atom stereocenters. The summed E-state index contributed by atoms with van der Waals surface area (Å²) in [5.41, 5.74) is 1.17. The average molecular weight is 209 g/mol. The van der Waals surface area contributed by atoms with Crippen LogP contribution in [-0.2, 0) is 0 Å². The van der Waals surface area contributed by atoms with Gasteiger partial charge < -0.3 is 5.32 Å². The highest BCUT2D eigenvalue weighted by molar-refractivity contribution is 7.99. The van der Waals surface area contributed by atoms with Crippen LogP contribution in [0.1, 0.15) is 18.0 Å². The molecule has 3 rings (SSSR count). The maximum Gasteiger partial charge on any atom is 0.137 e. The van der Waals surface area contributed by atoms with Crippen molar-refractivity contribution >= 4 is 11.8 Å². The smallest absolute Gasteiger partial charge is 0.137 e. The number of nitrogens with one attached hydrogen (secondary N) is 1. The van der Waals surface area contributed by atoms with Gasteiger partial charge in [0.2, 0.25) is 0 Å². The normalized spacial score (nSPS) is 29.8. The van der Waals surface area contributed by atoms with Crippen LogP contribution in [0, 0.1) is 11.7 Å². The molecule has 1 N–H and O–H groups in total. The van der Waals surface area contributed by atoms with Crippen molar-refractivity contribution in [2.75, 3.05) is 12.3 Å². The Morgan fingerprint density at radius 2 is 2.36 bits per heavy atom. The van der Waals surface area contributed by atoms with Gasteiger partial charge in [-0.2, -0.15) is 0 Å². The minimum Gasteiger partial charge on any atom is -0.310 e.